The molecule has 0 saturated carbocycles. The number of pyridine rings is 1. The third-order valence-electron chi connectivity index (χ3n) is 6.96. The van der Waals surface area contributed by atoms with Crippen LogP contribution in [0.15, 0.2) is 53.7 Å². The van der Waals surface area contributed by atoms with Crippen LogP contribution in [0.4, 0.5) is 10.1 Å². The van der Waals surface area contributed by atoms with E-state index >= 15 is 0 Å². The van der Waals surface area contributed by atoms with Crippen LogP contribution in [0, 0.1) is 5.92 Å². The zero-order valence-electron chi connectivity index (χ0n) is 21.8. The Labute approximate surface area is 225 Å². The van der Waals surface area contributed by atoms with E-state index in [0.717, 1.165) is 5.56 Å². The number of carbonyl (C=O) groups excluding carboxylic acids is 1. The molecule has 3 rings (SSSR count). The van der Waals surface area contributed by atoms with Gasteiger partial charge in [-0.05, 0) is 62.6 Å². The molecule has 2 heterocycles. The number of nitrogens with two attached hydrogens (primary N) is 1. The minimum absolute atomic E-state index is 0.0928. The predicted molar refractivity (Wildman–Crippen MR) is 146 cm³/mol. The van der Waals surface area contributed by atoms with Crippen molar-refractivity contribution in [2.75, 3.05) is 38.2 Å². The lowest BCUT2D eigenvalue weighted by atomic mass is 9.93. The van der Waals surface area contributed by atoms with Crippen LogP contribution in [0.1, 0.15) is 44.1 Å². The van der Waals surface area contributed by atoms with Gasteiger partial charge in [0.2, 0.25) is 15.9 Å². The number of piperidine rings is 1. The second kappa shape index (κ2) is 15.1. The number of likely N-dealkylation sites (tertiary alicyclic amines) is 1. The van der Waals surface area contributed by atoms with Crippen LogP contribution in [-0.4, -0.2) is 74.3 Å². The summed E-state index contributed by atoms with van der Waals surface area (Å²) in [5.41, 5.74) is 6.92. The number of anilines is 1. The molecular weight excluding hydrogens is 509 g/mol. The zero-order chi connectivity index (χ0) is 27.4. The summed E-state index contributed by atoms with van der Waals surface area (Å²) in [6.07, 6.45) is 6.69. The first-order valence-electron chi connectivity index (χ1n) is 13.3. The summed E-state index contributed by atoms with van der Waals surface area (Å²) in [6.45, 7) is 0.835. The number of carbonyl (C=O) groups is 1. The Bertz CT molecular complexity index is 1100. The monoisotopic (exact) mass is 549 g/mol. The highest BCUT2D eigenvalue weighted by Crippen LogP contribution is 2.24. The molecule has 2 atom stereocenters. The van der Waals surface area contributed by atoms with Crippen LogP contribution in [0.3, 0.4) is 0 Å². The molecule has 2 aromatic rings. The fourth-order valence-corrected chi connectivity index (χ4v) is 6.12. The second-order valence-corrected chi connectivity index (χ2v) is 11.5. The van der Waals surface area contributed by atoms with Crippen LogP contribution in [0.25, 0.3) is 0 Å². The van der Waals surface area contributed by atoms with Gasteiger partial charge >= 0.3 is 0 Å². The third kappa shape index (κ3) is 8.72. The number of rotatable bonds is 15. The number of alkyl halides is 1. The summed E-state index contributed by atoms with van der Waals surface area (Å²) in [6, 6.07) is 9.76. The van der Waals surface area contributed by atoms with Crippen LogP contribution in [0.2, 0.25) is 0 Å². The molecule has 1 aromatic heterocycles. The Morgan fingerprint density at radius 3 is 2.58 bits per heavy atom. The lowest BCUT2D eigenvalue weighted by molar-refractivity contribution is -0.134. The quantitative estimate of drug-likeness (QED) is 0.251. The summed E-state index contributed by atoms with van der Waals surface area (Å²) in [4.78, 5) is 19.0. The van der Waals surface area contributed by atoms with Crippen molar-refractivity contribution in [2.45, 2.75) is 61.9 Å². The van der Waals surface area contributed by atoms with Gasteiger partial charge < -0.3 is 21.1 Å². The van der Waals surface area contributed by atoms with Crippen molar-refractivity contribution in [1.82, 2.24) is 14.6 Å². The Morgan fingerprint density at radius 1 is 1.18 bits per heavy atom. The van der Waals surface area contributed by atoms with Gasteiger partial charge in [0, 0.05) is 25.5 Å². The predicted octanol–water partition coefficient (Wildman–Crippen LogP) is 2.47. The van der Waals surface area contributed by atoms with Gasteiger partial charge in [-0.1, -0.05) is 36.8 Å². The first-order valence-corrected chi connectivity index (χ1v) is 14.8. The summed E-state index contributed by atoms with van der Waals surface area (Å²) in [5, 5.41) is 13.1. The molecule has 38 heavy (non-hydrogen) atoms. The number of hydrogen-bond donors (Lipinski definition) is 4. The molecule has 210 valence electrons. The van der Waals surface area contributed by atoms with Crippen molar-refractivity contribution in [3.63, 3.8) is 0 Å². The topological polar surface area (TPSA) is 138 Å². The maximum absolute atomic E-state index is 13.6. The molecular formula is C27H40FN5O4S. The molecule has 0 unspecified atom stereocenters. The highest BCUT2D eigenvalue weighted by Gasteiger charge is 2.32. The van der Waals surface area contributed by atoms with Crippen molar-refractivity contribution in [2.24, 2.45) is 11.7 Å². The van der Waals surface area contributed by atoms with E-state index in [1.165, 1.54) is 12.4 Å². The Balaban J connectivity index is 1.76. The molecule has 5 N–H and O–H groups in total. The van der Waals surface area contributed by atoms with Gasteiger partial charge in [0.15, 0.2) is 0 Å². The molecule has 1 aliphatic rings. The number of aliphatic hydroxyl groups is 1. The number of hydrogen-bond acceptors (Lipinski definition) is 7. The summed E-state index contributed by atoms with van der Waals surface area (Å²) in [5.74, 6) is -0.0316. The number of halogens is 1. The van der Waals surface area contributed by atoms with Crippen LogP contribution >= 0.6 is 0 Å². The van der Waals surface area contributed by atoms with Gasteiger partial charge in [0.1, 0.15) is 10.9 Å². The maximum atomic E-state index is 13.6. The first-order chi connectivity index (χ1) is 18.4. The second-order valence-electron chi connectivity index (χ2n) is 9.79. The van der Waals surface area contributed by atoms with Crippen LogP contribution in [0.5, 0.6) is 0 Å². The third-order valence-corrected chi connectivity index (χ3v) is 8.46. The molecule has 1 fully saturated rings. The van der Waals surface area contributed by atoms with E-state index < -0.39 is 22.1 Å². The number of unbranched alkanes of at least 4 members (excludes halogenated alkanes) is 1. The average molecular weight is 550 g/mol. The van der Waals surface area contributed by atoms with Gasteiger partial charge in [-0.25, -0.2) is 8.42 Å². The highest BCUT2D eigenvalue weighted by atomic mass is 32.2. The Morgan fingerprint density at radius 2 is 1.92 bits per heavy atom. The number of aliphatic hydroxyl groups excluding tert-OH is 1. The van der Waals surface area contributed by atoms with Crippen molar-refractivity contribution in [3.05, 3.63) is 54.4 Å². The molecule has 11 heteroatoms. The summed E-state index contributed by atoms with van der Waals surface area (Å²) >= 11 is 0. The number of nitrogens with one attached hydrogen (secondary N) is 2. The maximum Gasteiger partial charge on any atom is 0.244 e. The van der Waals surface area contributed by atoms with E-state index in [1.807, 2.05) is 30.3 Å². The van der Waals surface area contributed by atoms with Crippen molar-refractivity contribution in [3.8, 4) is 0 Å². The van der Waals surface area contributed by atoms with Gasteiger partial charge in [-0.3, -0.25) is 14.2 Å². The van der Waals surface area contributed by atoms with E-state index in [9.17, 15) is 22.7 Å². The fraction of sp³-hybridized carbons (Fsp3) is 0.556. The van der Waals surface area contributed by atoms with E-state index in [1.54, 1.807) is 11.0 Å². The van der Waals surface area contributed by atoms with E-state index in [0.29, 0.717) is 70.3 Å². The molecule has 0 aliphatic carbocycles. The number of amides is 1. The molecule has 0 bridgehead atoms. The van der Waals surface area contributed by atoms with Crippen LogP contribution in [-0.2, 0) is 21.2 Å². The SMILES string of the molecule is NCCCC[C@H](NS(=O)(=O)c1cnccc1N[C@H](CO)Cc1ccccc1)C(=O)N1CCC(CCF)CC1. The van der Waals surface area contributed by atoms with Crippen molar-refractivity contribution in [1.29, 1.82) is 0 Å². The number of sulfonamides is 1. The lowest BCUT2D eigenvalue weighted by Crippen LogP contribution is -2.50. The van der Waals surface area contributed by atoms with Gasteiger partial charge in [0.05, 0.1) is 25.0 Å². The number of nitrogens with zero attached hydrogens (tertiary/aromatic N) is 2. The molecule has 1 aromatic carbocycles. The molecule has 1 aliphatic heterocycles. The fourth-order valence-electron chi connectivity index (χ4n) is 4.79. The largest absolute Gasteiger partial charge is 0.394 e. The van der Waals surface area contributed by atoms with Gasteiger partial charge in [0.25, 0.3) is 0 Å². The molecule has 1 saturated heterocycles. The normalized spacial score (nSPS) is 16.2. The van der Waals surface area contributed by atoms with Gasteiger partial charge in [-0.2, -0.15) is 4.72 Å². The standard InChI is InChI=1S/C27H40FN5O4S/c28-13-9-21-11-16-33(17-12-21)27(35)25(8-4-5-14-29)32-38(36,37)26-19-30-15-10-24(26)31-23(20-34)18-22-6-2-1-3-7-22/h1-3,6-7,10,15,19,21,23,25,32,34H,4-5,8-9,11-14,16-18,20,29H2,(H,30,31)/t23-,25-/m0/s1. The first kappa shape index (κ1) is 29.9. The van der Waals surface area contributed by atoms with Crippen molar-refractivity contribution >= 4 is 21.6 Å². The Kier molecular flexibility index (Phi) is 11.9. The average Bonchev–Trinajstić information content (AvgIpc) is 2.93. The summed E-state index contributed by atoms with van der Waals surface area (Å²) < 4.78 is 42.5. The van der Waals surface area contributed by atoms with E-state index in [-0.39, 0.29) is 30.0 Å². The molecule has 0 spiro atoms. The van der Waals surface area contributed by atoms with E-state index in [2.05, 4.69) is 15.0 Å². The molecule has 1 amide bonds. The summed E-state index contributed by atoms with van der Waals surface area (Å²) in [7, 11) is -4.14. The van der Waals surface area contributed by atoms with E-state index in [4.69, 9.17) is 5.73 Å². The number of benzene rings is 1. The van der Waals surface area contributed by atoms with Gasteiger partial charge in [-0.15, -0.1) is 0 Å². The molecule has 0 radical (unpaired) electrons. The number of aromatic nitrogens is 1. The highest BCUT2D eigenvalue weighted by molar-refractivity contribution is 7.89. The molecule has 9 nitrogen and oxygen atoms in total. The minimum atomic E-state index is -4.14. The minimum Gasteiger partial charge on any atom is -0.394 e. The lowest BCUT2D eigenvalue weighted by Gasteiger charge is -2.34. The zero-order valence-corrected chi connectivity index (χ0v) is 22.6. The Hall–Kier alpha value is -2.60. The van der Waals surface area contributed by atoms with Crippen LogP contribution < -0.4 is 15.8 Å². The smallest absolute Gasteiger partial charge is 0.244 e. The van der Waals surface area contributed by atoms with Crippen molar-refractivity contribution < 1.29 is 22.7 Å².